The molecule has 8 aromatic carbocycles. The molecule has 5 heteroatoms. The molecule has 0 spiro atoms. The van der Waals surface area contributed by atoms with Crippen molar-refractivity contribution in [1.29, 1.82) is 0 Å². The number of rotatable bonds is 5. The number of aromatic nitrogens is 4. The normalized spacial score (nSPS) is 13.1. The van der Waals surface area contributed by atoms with E-state index in [1.54, 1.807) is 0 Å². The molecule has 1 aliphatic heterocycles. The molecule has 4 heterocycles. The summed E-state index contributed by atoms with van der Waals surface area (Å²) in [6.45, 7) is 0. The molecule has 12 rings (SSSR count). The zero-order valence-electron chi connectivity index (χ0n) is 30.9. The summed E-state index contributed by atoms with van der Waals surface area (Å²) in [5.41, 5.74) is 8.97. The van der Waals surface area contributed by atoms with Crippen molar-refractivity contribution in [3.8, 4) is 34.2 Å². The van der Waals surface area contributed by atoms with Crippen LogP contribution in [0.2, 0.25) is 0 Å². The van der Waals surface area contributed by atoms with Crippen LogP contribution in [0.15, 0.2) is 206 Å². The number of hydrogen-bond donors (Lipinski definition) is 0. The molecule has 0 atom stereocenters. The first kappa shape index (κ1) is 32.2. The van der Waals surface area contributed by atoms with E-state index in [1.807, 2.05) is 0 Å². The number of nitrogens with zero attached hydrogens (tertiary/aromatic N) is 4. The van der Waals surface area contributed by atoms with E-state index in [4.69, 9.17) is 9.97 Å². The quantitative estimate of drug-likeness (QED) is 0.163. The fraction of sp³-hybridized carbons (Fsp3) is 0. The van der Waals surface area contributed by atoms with Crippen LogP contribution >= 0.6 is 0 Å². The maximum atomic E-state index is 5.78. The molecule has 0 unspecified atom stereocenters. The first-order chi connectivity index (χ1) is 28.3. The summed E-state index contributed by atoms with van der Waals surface area (Å²) >= 11 is -3.83. The standard InChI is InChI=1S/C52H34GeN4/c1-5-19-35(20-6-1)51-54-50-41-29-13-16-30-44(41)53(36-21-7-2-8-22-36,37-23-9-3-10-24-37)49(50)52(55-51)57-46-32-18-15-28-40(46)43-33-42-39-27-14-17-31-45(39)56(47(42)34-48(43)57)38-25-11-4-12-26-38/h1-34H. The number of benzene rings is 8. The molecule has 0 saturated carbocycles. The van der Waals surface area contributed by atoms with Gasteiger partial charge in [-0.3, -0.25) is 0 Å². The predicted molar refractivity (Wildman–Crippen MR) is 239 cm³/mol. The van der Waals surface area contributed by atoms with E-state index in [0.717, 1.165) is 45.1 Å². The van der Waals surface area contributed by atoms with Gasteiger partial charge in [0.05, 0.1) is 0 Å². The molecule has 3 aromatic heterocycles. The van der Waals surface area contributed by atoms with Gasteiger partial charge in [0.2, 0.25) is 0 Å². The van der Waals surface area contributed by atoms with Crippen LogP contribution < -0.4 is 17.6 Å². The third-order valence-electron chi connectivity index (χ3n) is 12.0. The second-order valence-electron chi connectivity index (χ2n) is 14.9. The van der Waals surface area contributed by atoms with E-state index in [0.29, 0.717) is 0 Å². The van der Waals surface area contributed by atoms with Crippen LogP contribution in [0.1, 0.15) is 0 Å². The van der Waals surface area contributed by atoms with Gasteiger partial charge in [0, 0.05) is 0 Å². The SMILES string of the molecule is c1ccc(-c2nc3[c](c(-n4c5ccccc5c5cc6c7ccccc7n(-c7ccccc7)c6cc54)n2)[Ge]([c]2ccccc2)([c]2ccccc2)[c]2ccccc2-3)cc1. The van der Waals surface area contributed by atoms with Crippen molar-refractivity contribution in [1.82, 2.24) is 19.1 Å². The van der Waals surface area contributed by atoms with Gasteiger partial charge in [0.1, 0.15) is 0 Å². The molecule has 266 valence electrons. The Morgan fingerprint density at radius 2 is 0.895 bits per heavy atom. The molecule has 4 nitrogen and oxygen atoms in total. The molecule has 0 amide bonds. The maximum absolute atomic E-state index is 5.78. The summed E-state index contributed by atoms with van der Waals surface area (Å²) in [4.78, 5) is 11.4. The summed E-state index contributed by atoms with van der Waals surface area (Å²) in [5, 5.41) is 4.88. The zero-order chi connectivity index (χ0) is 37.5. The second-order valence-corrected chi connectivity index (χ2v) is 22.7. The zero-order valence-corrected chi connectivity index (χ0v) is 33.0. The second kappa shape index (κ2) is 12.5. The van der Waals surface area contributed by atoms with Gasteiger partial charge in [-0.1, -0.05) is 0 Å². The third kappa shape index (κ3) is 4.56. The van der Waals surface area contributed by atoms with Crippen molar-refractivity contribution in [3.05, 3.63) is 206 Å². The van der Waals surface area contributed by atoms with Crippen LogP contribution in [0, 0.1) is 0 Å². The van der Waals surface area contributed by atoms with E-state index in [9.17, 15) is 0 Å². The molecule has 0 radical (unpaired) electrons. The van der Waals surface area contributed by atoms with E-state index < -0.39 is 13.3 Å². The van der Waals surface area contributed by atoms with Crippen LogP contribution in [-0.4, -0.2) is 32.4 Å². The van der Waals surface area contributed by atoms with Crippen molar-refractivity contribution in [3.63, 3.8) is 0 Å². The Labute approximate surface area is 332 Å². The van der Waals surface area contributed by atoms with Crippen LogP contribution in [0.5, 0.6) is 0 Å². The average Bonchev–Trinajstić information content (AvgIpc) is 3.90. The Balaban J connectivity index is 1.30. The molecule has 0 fully saturated rings. The van der Waals surface area contributed by atoms with Crippen molar-refractivity contribution in [2.75, 3.05) is 0 Å². The van der Waals surface area contributed by atoms with E-state index in [2.05, 4.69) is 215 Å². The van der Waals surface area contributed by atoms with Crippen molar-refractivity contribution in [2.24, 2.45) is 0 Å². The topological polar surface area (TPSA) is 35.6 Å². The van der Waals surface area contributed by atoms with Gasteiger partial charge in [-0.15, -0.1) is 0 Å². The molecule has 57 heavy (non-hydrogen) atoms. The Morgan fingerprint density at radius 3 is 1.54 bits per heavy atom. The molecule has 0 aliphatic carbocycles. The first-order valence-corrected chi connectivity index (χ1v) is 23.7. The molecule has 1 aliphatic rings. The van der Waals surface area contributed by atoms with Crippen LogP contribution in [0.25, 0.3) is 77.8 Å². The van der Waals surface area contributed by atoms with Gasteiger partial charge in [-0.25, -0.2) is 0 Å². The van der Waals surface area contributed by atoms with Gasteiger partial charge >= 0.3 is 334 Å². The Kier molecular flexibility index (Phi) is 7.07. The van der Waals surface area contributed by atoms with E-state index in [1.165, 1.54) is 50.2 Å². The third-order valence-corrected chi connectivity index (χ3v) is 22.2. The minimum absolute atomic E-state index is 0.726. The summed E-state index contributed by atoms with van der Waals surface area (Å²) in [6, 6.07) is 75.2. The first-order valence-electron chi connectivity index (χ1n) is 19.5. The Morgan fingerprint density at radius 1 is 0.386 bits per heavy atom. The van der Waals surface area contributed by atoms with Gasteiger partial charge < -0.3 is 0 Å². The van der Waals surface area contributed by atoms with Gasteiger partial charge in [-0.2, -0.15) is 0 Å². The van der Waals surface area contributed by atoms with Crippen molar-refractivity contribution in [2.45, 2.75) is 0 Å². The Hall–Kier alpha value is -7.02. The summed E-state index contributed by atoms with van der Waals surface area (Å²) < 4.78 is 10.3. The molecule has 11 aromatic rings. The molecule has 0 bridgehead atoms. The van der Waals surface area contributed by atoms with Gasteiger partial charge in [-0.05, 0) is 0 Å². The molecular formula is C52H34GeN4. The average molecular weight is 787 g/mol. The van der Waals surface area contributed by atoms with Crippen LogP contribution in [0.4, 0.5) is 0 Å². The van der Waals surface area contributed by atoms with Crippen molar-refractivity contribution >= 4 is 74.5 Å². The predicted octanol–water partition coefficient (Wildman–Crippen LogP) is 9.70. The van der Waals surface area contributed by atoms with Crippen molar-refractivity contribution < 1.29 is 0 Å². The summed E-state index contributed by atoms with van der Waals surface area (Å²) in [5.74, 6) is 1.68. The molecule has 0 N–H and O–H groups in total. The van der Waals surface area contributed by atoms with Gasteiger partial charge in [0.25, 0.3) is 0 Å². The monoisotopic (exact) mass is 788 g/mol. The number of hydrogen-bond acceptors (Lipinski definition) is 2. The fourth-order valence-corrected chi connectivity index (χ4v) is 20.6. The van der Waals surface area contributed by atoms with E-state index in [-0.39, 0.29) is 0 Å². The minimum atomic E-state index is -3.83. The van der Waals surface area contributed by atoms with Crippen LogP contribution in [0.3, 0.4) is 0 Å². The molecular weight excluding hydrogens is 753 g/mol. The molecule has 0 saturated heterocycles. The fourth-order valence-electron chi connectivity index (χ4n) is 9.68. The Bertz CT molecular complexity index is 3290. The summed E-state index contributed by atoms with van der Waals surface area (Å²) in [6.07, 6.45) is 0. The van der Waals surface area contributed by atoms with Crippen LogP contribution in [-0.2, 0) is 0 Å². The number of para-hydroxylation sites is 3. The number of fused-ring (bicyclic) bond motifs is 9. The summed E-state index contributed by atoms with van der Waals surface area (Å²) in [7, 11) is 0. The van der Waals surface area contributed by atoms with E-state index >= 15 is 0 Å². The van der Waals surface area contributed by atoms with Gasteiger partial charge in [0.15, 0.2) is 0 Å².